The third-order valence-electron chi connectivity index (χ3n) is 1.90. The molecule has 54 valence electrons. The molecule has 0 aromatic heterocycles. The van der Waals surface area contributed by atoms with Gasteiger partial charge in [0.1, 0.15) is 0 Å². The topological polar surface area (TPSA) is 23.3 Å². The van der Waals surface area contributed by atoms with Crippen LogP contribution in [-0.4, -0.2) is 27.3 Å². The quantitative estimate of drug-likeness (QED) is 0.561. The number of rotatable bonds is 4. The van der Waals surface area contributed by atoms with Crippen molar-refractivity contribution in [2.45, 2.75) is 12.8 Å². The molecule has 2 nitrogen and oxygen atoms in total. The molecule has 1 rings (SSSR count). The molecule has 1 aliphatic rings. The molecule has 0 spiro atoms. The van der Waals surface area contributed by atoms with Crippen LogP contribution in [0.5, 0.6) is 0 Å². The maximum absolute atomic E-state index is 5.06. The molecule has 0 unspecified atom stereocenters. The molecule has 0 heterocycles. The summed E-state index contributed by atoms with van der Waals surface area (Å²) in [6.45, 7) is 1.88. The van der Waals surface area contributed by atoms with Crippen LogP contribution >= 0.6 is 0 Å². The molecule has 1 fully saturated rings. The Morgan fingerprint density at radius 2 is 2.22 bits per heavy atom. The number of methoxy groups -OCH3 is 1. The van der Waals surface area contributed by atoms with Gasteiger partial charge in [0.25, 0.3) is 0 Å². The lowest BCUT2D eigenvalue weighted by atomic mass is 10.1. The fourth-order valence-corrected chi connectivity index (χ4v) is 1.17. The minimum atomic E-state index is 0.462. The molecule has 0 aromatic carbocycles. The van der Waals surface area contributed by atoms with Crippen molar-refractivity contribution in [3.63, 3.8) is 0 Å². The predicted molar refractivity (Wildman–Crippen MR) is 37.7 cm³/mol. The fourth-order valence-electron chi connectivity index (χ4n) is 1.17. The monoisotopic (exact) mass is 128 g/mol. The fraction of sp³-hybridized carbons (Fsp3) is 1.00. The van der Waals surface area contributed by atoms with Crippen LogP contribution in [0.1, 0.15) is 12.8 Å². The Kier molecular flexibility index (Phi) is 2.09. The van der Waals surface area contributed by atoms with Gasteiger partial charge in [-0.3, -0.25) is 0 Å². The molecule has 0 radical (unpaired) electrons. The summed E-state index contributed by atoms with van der Waals surface area (Å²) >= 11 is 0. The molecule has 9 heavy (non-hydrogen) atoms. The Labute approximate surface area is 56.6 Å². The summed E-state index contributed by atoms with van der Waals surface area (Å²) in [5, 5.41) is 4.11. The largest absolute Gasteiger partial charge is 0.664 e. The van der Waals surface area contributed by atoms with E-state index in [1.165, 1.54) is 12.8 Å². The van der Waals surface area contributed by atoms with Crippen LogP contribution in [0.25, 0.3) is 5.32 Å². The Morgan fingerprint density at radius 1 is 1.56 bits per heavy atom. The van der Waals surface area contributed by atoms with Crippen molar-refractivity contribution < 1.29 is 4.74 Å². The van der Waals surface area contributed by atoms with Crippen molar-refractivity contribution in [2.24, 2.45) is 5.41 Å². The zero-order valence-corrected chi connectivity index (χ0v) is 6.18. The molecule has 0 amide bonds. The van der Waals surface area contributed by atoms with Gasteiger partial charge in [-0.05, 0) is 18.3 Å². The van der Waals surface area contributed by atoms with Gasteiger partial charge in [0.05, 0.1) is 6.61 Å². The minimum Gasteiger partial charge on any atom is -0.664 e. The summed E-state index contributed by atoms with van der Waals surface area (Å²) in [6, 6.07) is 0. The first-order chi connectivity index (χ1) is 4.33. The van der Waals surface area contributed by atoms with E-state index in [-0.39, 0.29) is 0 Å². The summed E-state index contributed by atoms with van der Waals surface area (Å²) in [5.41, 5.74) is 0.462. The Bertz CT molecular complexity index is 80.9. The third-order valence-corrected chi connectivity index (χ3v) is 1.90. The van der Waals surface area contributed by atoms with Gasteiger partial charge in [-0.15, -0.1) is 6.54 Å². The molecule has 0 aliphatic heterocycles. The van der Waals surface area contributed by atoms with E-state index in [0.717, 1.165) is 13.2 Å². The van der Waals surface area contributed by atoms with Crippen molar-refractivity contribution in [1.29, 1.82) is 0 Å². The Balaban J connectivity index is 2.17. The van der Waals surface area contributed by atoms with Crippen molar-refractivity contribution >= 4 is 0 Å². The normalized spacial score (nSPS) is 22.0. The van der Waals surface area contributed by atoms with Gasteiger partial charge in [-0.1, -0.05) is 0 Å². The summed E-state index contributed by atoms with van der Waals surface area (Å²) < 4.78 is 5.06. The Morgan fingerprint density at radius 3 is 2.56 bits per heavy atom. The average molecular weight is 128 g/mol. The van der Waals surface area contributed by atoms with Gasteiger partial charge in [0.15, 0.2) is 0 Å². The first-order valence-electron chi connectivity index (χ1n) is 3.37. The number of hydrogen-bond acceptors (Lipinski definition) is 1. The highest BCUT2D eigenvalue weighted by atomic mass is 16.5. The van der Waals surface area contributed by atoms with E-state index in [4.69, 9.17) is 4.74 Å². The molecular weight excluding hydrogens is 114 g/mol. The Hall–Kier alpha value is -0.0800. The first kappa shape index (κ1) is 7.03. The van der Waals surface area contributed by atoms with E-state index >= 15 is 0 Å². The van der Waals surface area contributed by atoms with Crippen LogP contribution in [0.3, 0.4) is 0 Å². The number of hydrogen-bond donors (Lipinski definition) is 0. The van der Waals surface area contributed by atoms with Crippen LogP contribution in [0, 0.1) is 5.41 Å². The van der Waals surface area contributed by atoms with E-state index < -0.39 is 0 Å². The highest BCUT2D eigenvalue weighted by Crippen LogP contribution is 2.46. The molecule has 0 aromatic rings. The van der Waals surface area contributed by atoms with E-state index in [1.54, 1.807) is 7.11 Å². The number of nitrogens with zero attached hydrogens (tertiary/aromatic N) is 1. The maximum atomic E-state index is 5.06. The van der Waals surface area contributed by atoms with Crippen LogP contribution in [-0.2, 0) is 4.74 Å². The second-order valence-electron chi connectivity index (χ2n) is 2.91. The van der Waals surface area contributed by atoms with Gasteiger partial charge < -0.3 is 10.1 Å². The molecule has 1 saturated carbocycles. The van der Waals surface area contributed by atoms with E-state index in [2.05, 4.69) is 5.32 Å². The molecule has 1 aliphatic carbocycles. The van der Waals surface area contributed by atoms with Crippen molar-refractivity contribution in [3.05, 3.63) is 5.32 Å². The summed E-state index contributed by atoms with van der Waals surface area (Å²) in [6.07, 6.45) is 2.61. The molecule has 0 N–H and O–H groups in total. The van der Waals surface area contributed by atoms with Crippen molar-refractivity contribution in [3.8, 4) is 0 Å². The lowest BCUT2D eigenvalue weighted by Gasteiger charge is -2.21. The van der Waals surface area contributed by atoms with Crippen LogP contribution in [0.4, 0.5) is 0 Å². The molecule has 0 bridgehead atoms. The van der Waals surface area contributed by atoms with Crippen molar-refractivity contribution in [2.75, 3.05) is 27.3 Å². The third kappa shape index (κ3) is 1.66. The van der Waals surface area contributed by atoms with Crippen LogP contribution in [0.15, 0.2) is 0 Å². The lowest BCUT2D eigenvalue weighted by molar-refractivity contribution is 0.147. The second-order valence-corrected chi connectivity index (χ2v) is 2.91. The molecular formula is C7H14NO-. The standard InChI is InChI=1S/C7H14NO/c1-8-5-7(3-4-7)6-9-2/h3-6H2,1-2H3/q-1. The number of ether oxygens (including phenoxy) is 1. The van der Waals surface area contributed by atoms with E-state index in [0.29, 0.717) is 5.41 Å². The SMILES string of the molecule is C[N-]CC1(COC)CC1. The maximum Gasteiger partial charge on any atom is 0.0502 e. The first-order valence-corrected chi connectivity index (χ1v) is 3.37. The zero-order chi connectivity index (χ0) is 6.74. The van der Waals surface area contributed by atoms with Gasteiger partial charge in [-0.2, -0.15) is 7.05 Å². The van der Waals surface area contributed by atoms with E-state index in [9.17, 15) is 0 Å². The summed E-state index contributed by atoms with van der Waals surface area (Å²) in [7, 11) is 3.63. The highest BCUT2D eigenvalue weighted by Gasteiger charge is 2.38. The van der Waals surface area contributed by atoms with Gasteiger partial charge in [0.2, 0.25) is 0 Å². The van der Waals surface area contributed by atoms with Crippen molar-refractivity contribution in [1.82, 2.24) is 0 Å². The smallest absolute Gasteiger partial charge is 0.0502 e. The zero-order valence-electron chi connectivity index (χ0n) is 6.18. The summed E-state index contributed by atoms with van der Waals surface area (Å²) in [4.78, 5) is 0. The second kappa shape index (κ2) is 2.67. The summed E-state index contributed by atoms with van der Waals surface area (Å²) in [5.74, 6) is 0. The minimum absolute atomic E-state index is 0.462. The molecule has 2 heteroatoms. The predicted octanol–water partition coefficient (Wildman–Crippen LogP) is 1.42. The van der Waals surface area contributed by atoms with Gasteiger partial charge in [-0.25, -0.2) is 0 Å². The highest BCUT2D eigenvalue weighted by molar-refractivity contribution is 5.00. The van der Waals surface area contributed by atoms with Gasteiger partial charge in [0, 0.05) is 7.11 Å². The van der Waals surface area contributed by atoms with Crippen LogP contribution in [0.2, 0.25) is 0 Å². The van der Waals surface area contributed by atoms with Gasteiger partial charge >= 0.3 is 0 Å². The average Bonchev–Trinajstić information content (AvgIpc) is 2.51. The van der Waals surface area contributed by atoms with Crippen LogP contribution < -0.4 is 0 Å². The van der Waals surface area contributed by atoms with E-state index in [1.807, 2.05) is 7.05 Å². The molecule has 0 atom stereocenters. The molecule has 0 saturated heterocycles. The lowest BCUT2D eigenvalue weighted by Crippen LogP contribution is -2.12.